The van der Waals surface area contributed by atoms with Crippen molar-refractivity contribution in [3.63, 3.8) is 0 Å². The van der Waals surface area contributed by atoms with Crippen LogP contribution in [-0.2, 0) is 9.59 Å². The lowest BCUT2D eigenvalue weighted by Gasteiger charge is -2.06. The topological polar surface area (TPSA) is 103 Å². The summed E-state index contributed by atoms with van der Waals surface area (Å²) in [5.41, 5.74) is 7.34. The van der Waals surface area contributed by atoms with Crippen molar-refractivity contribution >= 4 is 18.0 Å². The van der Waals surface area contributed by atoms with E-state index in [2.05, 4.69) is 5.10 Å². The number of nitrogens with two attached hydrogens (primary N) is 1. The SMILES string of the molecule is COc1ccc(/C=N/NC(=O)C(N)=O)c(OC)c1. The summed E-state index contributed by atoms with van der Waals surface area (Å²) < 4.78 is 10.1. The molecule has 7 heteroatoms. The normalized spacial score (nSPS) is 10.1. The summed E-state index contributed by atoms with van der Waals surface area (Å²) in [6.45, 7) is 0. The smallest absolute Gasteiger partial charge is 0.329 e. The zero-order valence-electron chi connectivity index (χ0n) is 9.97. The molecule has 1 aromatic carbocycles. The Kier molecular flexibility index (Phi) is 4.67. The molecule has 0 fully saturated rings. The number of primary amides is 1. The molecule has 0 atom stereocenters. The van der Waals surface area contributed by atoms with Crippen molar-refractivity contribution in [1.29, 1.82) is 0 Å². The lowest BCUT2D eigenvalue weighted by atomic mass is 10.2. The molecule has 0 spiro atoms. The van der Waals surface area contributed by atoms with Gasteiger partial charge in [0, 0.05) is 11.6 Å². The Hall–Kier alpha value is -2.57. The van der Waals surface area contributed by atoms with E-state index in [-0.39, 0.29) is 0 Å². The van der Waals surface area contributed by atoms with E-state index in [1.807, 2.05) is 5.43 Å². The first-order valence-corrected chi connectivity index (χ1v) is 4.93. The maximum Gasteiger partial charge on any atom is 0.329 e. The minimum atomic E-state index is -1.10. The molecule has 0 aliphatic heterocycles. The summed E-state index contributed by atoms with van der Waals surface area (Å²) in [6.07, 6.45) is 1.33. The molecule has 0 aromatic heterocycles. The summed E-state index contributed by atoms with van der Waals surface area (Å²) in [7, 11) is 3.03. The van der Waals surface area contributed by atoms with Crippen LogP contribution in [0.15, 0.2) is 23.3 Å². The lowest BCUT2D eigenvalue weighted by molar-refractivity contribution is -0.137. The highest BCUT2D eigenvalue weighted by Crippen LogP contribution is 2.22. The quantitative estimate of drug-likeness (QED) is 0.433. The van der Waals surface area contributed by atoms with Crippen molar-refractivity contribution in [2.75, 3.05) is 14.2 Å². The zero-order chi connectivity index (χ0) is 13.5. The number of nitrogens with zero attached hydrogens (tertiary/aromatic N) is 1. The first-order valence-electron chi connectivity index (χ1n) is 4.93. The molecule has 18 heavy (non-hydrogen) atoms. The summed E-state index contributed by atoms with van der Waals surface area (Å²) in [6, 6.07) is 5.06. The summed E-state index contributed by atoms with van der Waals surface area (Å²) in [5, 5.41) is 3.58. The largest absolute Gasteiger partial charge is 0.497 e. The van der Waals surface area contributed by atoms with Gasteiger partial charge in [-0.1, -0.05) is 0 Å². The molecule has 1 aromatic rings. The second-order valence-corrected chi connectivity index (χ2v) is 3.17. The molecule has 0 heterocycles. The number of benzene rings is 1. The van der Waals surface area contributed by atoms with E-state index < -0.39 is 11.8 Å². The number of carbonyl (C=O) groups excluding carboxylic acids is 2. The molecular weight excluding hydrogens is 238 g/mol. The Bertz CT molecular complexity index is 485. The van der Waals surface area contributed by atoms with Gasteiger partial charge in [0.1, 0.15) is 11.5 Å². The number of hydrazone groups is 1. The summed E-state index contributed by atoms with van der Waals surface area (Å²) in [4.78, 5) is 21.3. The van der Waals surface area contributed by atoms with Gasteiger partial charge in [0.2, 0.25) is 0 Å². The number of rotatable bonds is 4. The Morgan fingerprint density at radius 1 is 1.33 bits per heavy atom. The van der Waals surface area contributed by atoms with Gasteiger partial charge in [0.25, 0.3) is 0 Å². The molecule has 0 aliphatic rings. The summed E-state index contributed by atoms with van der Waals surface area (Å²) >= 11 is 0. The standard InChI is InChI=1S/C11H13N3O4/c1-17-8-4-3-7(9(5-8)18-2)6-13-14-11(16)10(12)15/h3-6H,1-2H3,(H2,12,15)(H,14,16)/b13-6+. The van der Waals surface area contributed by atoms with Crippen molar-refractivity contribution in [3.8, 4) is 11.5 Å². The Labute approximate surface area is 104 Å². The predicted molar refractivity (Wildman–Crippen MR) is 64.5 cm³/mol. The first kappa shape index (κ1) is 13.5. The monoisotopic (exact) mass is 251 g/mol. The van der Waals surface area contributed by atoms with Crippen molar-refractivity contribution in [3.05, 3.63) is 23.8 Å². The maximum atomic E-state index is 10.8. The lowest BCUT2D eigenvalue weighted by Crippen LogP contribution is -2.32. The van der Waals surface area contributed by atoms with E-state index in [1.54, 1.807) is 18.2 Å². The van der Waals surface area contributed by atoms with Crippen LogP contribution in [-0.4, -0.2) is 32.2 Å². The predicted octanol–water partition coefficient (Wildman–Crippen LogP) is -0.361. The van der Waals surface area contributed by atoms with E-state index in [0.29, 0.717) is 17.1 Å². The van der Waals surface area contributed by atoms with Crippen LogP contribution in [0.3, 0.4) is 0 Å². The fourth-order valence-electron chi connectivity index (χ4n) is 1.14. The maximum absolute atomic E-state index is 10.8. The third-order valence-corrected chi connectivity index (χ3v) is 2.03. The number of ether oxygens (including phenoxy) is 2. The number of hydrogen-bond donors (Lipinski definition) is 2. The first-order chi connectivity index (χ1) is 8.58. The number of amides is 2. The number of hydrogen-bond acceptors (Lipinski definition) is 5. The fourth-order valence-corrected chi connectivity index (χ4v) is 1.14. The van der Waals surface area contributed by atoms with Gasteiger partial charge in [0.15, 0.2) is 0 Å². The highest BCUT2D eigenvalue weighted by Gasteiger charge is 2.06. The second kappa shape index (κ2) is 6.24. The zero-order valence-corrected chi connectivity index (χ0v) is 9.97. The molecule has 0 radical (unpaired) electrons. The molecule has 7 nitrogen and oxygen atoms in total. The van der Waals surface area contributed by atoms with E-state index in [9.17, 15) is 9.59 Å². The van der Waals surface area contributed by atoms with Gasteiger partial charge in [-0.15, -0.1) is 0 Å². The molecule has 1 rings (SSSR count). The second-order valence-electron chi connectivity index (χ2n) is 3.17. The van der Waals surface area contributed by atoms with Gasteiger partial charge in [0.05, 0.1) is 20.4 Å². The van der Waals surface area contributed by atoms with Gasteiger partial charge >= 0.3 is 11.8 Å². The molecular formula is C11H13N3O4. The van der Waals surface area contributed by atoms with Gasteiger partial charge < -0.3 is 15.2 Å². The van der Waals surface area contributed by atoms with Crippen LogP contribution in [0.2, 0.25) is 0 Å². The molecule has 0 saturated heterocycles. The molecule has 0 aliphatic carbocycles. The third kappa shape index (κ3) is 3.48. The van der Waals surface area contributed by atoms with E-state index in [1.165, 1.54) is 20.4 Å². The van der Waals surface area contributed by atoms with Crippen LogP contribution in [0.25, 0.3) is 0 Å². The average Bonchev–Trinajstić information content (AvgIpc) is 2.38. The molecule has 0 saturated carbocycles. The van der Waals surface area contributed by atoms with Crippen LogP contribution in [0.5, 0.6) is 11.5 Å². The van der Waals surface area contributed by atoms with Gasteiger partial charge in [-0.05, 0) is 12.1 Å². The Balaban J connectivity index is 2.81. The van der Waals surface area contributed by atoms with E-state index >= 15 is 0 Å². The van der Waals surface area contributed by atoms with E-state index in [4.69, 9.17) is 15.2 Å². The fraction of sp³-hybridized carbons (Fsp3) is 0.182. The van der Waals surface area contributed by atoms with E-state index in [0.717, 1.165) is 0 Å². The van der Waals surface area contributed by atoms with Crippen molar-refractivity contribution < 1.29 is 19.1 Å². The highest BCUT2D eigenvalue weighted by atomic mass is 16.5. The molecule has 96 valence electrons. The number of methoxy groups -OCH3 is 2. The molecule has 2 amide bonds. The van der Waals surface area contributed by atoms with Crippen LogP contribution in [0, 0.1) is 0 Å². The third-order valence-electron chi connectivity index (χ3n) is 2.03. The minimum Gasteiger partial charge on any atom is -0.497 e. The molecule has 3 N–H and O–H groups in total. The number of carbonyl (C=O) groups is 2. The highest BCUT2D eigenvalue weighted by molar-refractivity contribution is 6.34. The van der Waals surface area contributed by atoms with Crippen molar-refractivity contribution in [2.24, 2.45) is 10.8 Å². The van der Waals surface area contributed by atoms with Crippen LogP contribution in [0.4, 0.5) is 0 Å². The minimum absolute atomic E-state index is 0.520. The Morgan fingerprint density at radius 2 is 2.06 bits per heavy atom. The van der Waals surface area contributed by atoms with Gasteiger partial charge in [-0.3, -0.25) is 9.59 Å². The molecule has 0 unspecified atom stereocenters. The van der Waals surface area contributed by atoms with Gasteiger partial charge in [-0.25, -0.2) is 5.43 Å². The van der Waals surface area contributed by atoms with Crippen LogP contribution < -0.4 is 20.6 Å². The van der Waals surface area contributed by atoms with Gasteiger partial charge in [-0.2, -0.15) is 5.10 Å². The average molecular weight is 251 g/mol. The summed E-state index contributed by atoms with van der Waals surface area (Å²) in [5.74, 6) is -0.941. The van der Waals surface area contributed by atoms with Crippen molar-refractivity contribution in [1.82, 2.24) is 5.43 Å². The molecule has 0 bridgehead atoms. The number of nitrogens with one attached hydrogen (secondary N) is 1. The van der Waals surface area contributed by atoms with Crippen LogP contribution >= 0.6 is 0 Å². The van der Waals surface area contributed by atoms with Crippen molar-refractivity contribution in [2.45, 2.75) is 0 Å². The Morgan fingerprint density at radius 3 is 2.61 bits per heavy atom. The van der Waals surface area contributed by atoms with Crippen LogP contribution in [0.1, 0.15) is 5.56 Å².